The van der Waals surface area contributed by atoms with Gasteiger partial charge in [-0.05, 0) is 55.6 Å². The van der Waals surface area contributed by atoms with Crippen molar-refractivity contribution in [2.75, 3.05) is 26.3 Å². The Hall–Kier alpha value is -2.24. The Morgan fingerprint density at radius 1 is 1.17 bits per heavy atom. The molecule has 0 saturated carbocycles. The van der Waals surface area contributed by atoms with E-state index in [1.807, 2.05) is 37.3 Å². The van der Waals surface area contributed by atoms with Crippen LogP contribution in [0.1, 0.15) is 49.4 Å². The van der Waals surface area contributed by atoms with Gasteiger partial charge in [-0.2, -0.15) is 0 Å². The summed E-state index contributed by atoms with van der Waals surface area (Å²) in [7, 11) is 0. The normalized spacial score (nSPS) is 20.1. The summed E-state index contributed by atoms with van der Waals surface area (Å²) in [6.07, 6.45) is 3.00. The minimum Gasteiger partial charge on any atom is -0.490 e. The highest BCUT2D eigenvalue weighted by Gasteiger charge is 2.29. The molecule has 0 unspecified atom stereocenters. The zero-order valence-electron chi connectivity index (χ0n) is 16.7. The van der Waals surface area contributed by atoms with E-state index in [9.17, 15) is 4.79 Å². The van der Waals surface area contributed by atoms with Crippen molar-refractivity contribution in [3.63, 3.8) is 0 Å². The molecule has 4 rings (SSSR count). The van der Waals surface area contributed by atoms with E-state index in [1.165, 1.54) is 5.56 Å². The van der Waals surface area contributed by atoms with Crippen LogP contribution in [0.4, 0.5) is 0 Å². The largest absolute Gasteiger partial charge is 0.490 e. The van der Waals surface area contributed by atoms with Gasteiger partial charge in [0.25, 0.3) is 0 Å². The SMILES string of the molecule is C[C@H](NC(=O)CN1CCC[C@H]1c1ccc2c(c1)OCCCO2)c1ccccc1Cl. The maximum Gasteiger partial charge on any atom is 0.234 e. The van der Waals surface area contributed by atoms with Crippen molar-refractivity contribution in [2.45, 2.75) is 38.3 Å². The van der Waals surface area contributed by atoms with Gasteiger partial charge in [0.2, 0.25) is 5.91 Å². The van der Waals surface area contributed by atoms with Gasteiger partial charge in [0.1, 0.15) is 0 Å². The van der Waals surface area contributed by atoms with Crippen molar-refractivity contribution >= 4 is 17.5 Å². The summed E-state index contributed by atoms with van der Waals surface area (Å²) in [5, 5.41) is 3.76. The molecule has 2 aromatic rings. The zero-order chi connectivity index (χ0) is 20.2. The summed E-state index contributed by atoms with van der Waals surface area (Å²) in [6, 6.07) is 13.9. The highest BCUT2D eigenvalue weighted by molar-refractivity contribution is 6.31. The molecule has 2 aliphatic rings. The lowest BCUT2D eigenvalue weighted by Gasteiger charge is -2.26. The first-order valence-corrected chi connectivity index (χ1v) is 10.7. The molecule has 2 aromatic carbocycles. The van der Waals surface area contributed by atoms with Gasteiger partial charge in [0, 0.05) is 17.5 Å². The van der Waals surface area contributed by atoms with Gasteiger partial charge in [-0.25, -0.2) is 0 Å². The number of fused-ring (bicyclic) bond motifs is 1. The molecule has 0 radical (unpaired) electrons. The molecular formula is C23H27ClN2O3. The highest BCUT2D eigenvalue weighted by atomic mass is 35.5. The topological polar surface area (TPSA) is 50.8 Å². The second-order valence-corrected chi connectivity index (χ2v) is 8.10. The number of benzene rings is 2. The van der Waals surface area contributed by atoms with Crippen molar-refractivity contribution in [3.05, 3.63) is 58.6 Å². The number of amides is 1. The van der Waals surface area contributed by atoms with Crippen molar-refractivity contribution in [3.8, 4) is 11.5 Å². The Morgan fingerprint density at radius 3 is 2.79 bits per heavy atom. The predicted molar refractivity (Wildman–Crippen MR) is 114 cm³/mol. The van der Waals surface area contributed by atoms with Crippen LogP contribution in [-0.2, 0) is 4.79 Å². The van der Waals surface area contributed by atoms with Crippen LogP contribution in [0.3, 0.4) is 0 Å². The summed E-state index contributed by atoms with van der Waals surface area (Å²) < 4.78 is 11.6. The molecule has 2 aliphatic heterocycles. The number of carbonyl (C=O) groups excluding carboxylic acids is 1. The Morgan fingerprint density at radius 2 is 1.97 bits per heavy atom. The van der Waals surface area contributed by atoms with E-state index in [0.29, 0.717) is 24.8 Å². The number of carbonyl (C=O) groups is 1. The lowest BCUT2D eigenvalue weighted by atomic mass is 10.0. The number of ether oxygens (including phenoxy) is 2. The molecule has 29 heavy (non-hydrogen) atoms. The number of nitrogens with one attached hydrogen (secondary N) is 1. The fourth-order valence-corrected chi connectivity index (χ4v) is 4.46. The minimum absolute atomic E-state index is 0.0127. The van der Waals surface area contributed by atoms with Crippen molar-refractivity contribution in [1.29, 1.82) is 0 Å². The quantitative estimate of drug-likeness (QED) is 0.781. The van der Waals surface area contributed by atoms with Crippen LogP contribution in [0, 0.1) is 0 Å². The van der Waals surface area contributed by atoms with Crippen LogP contribution < -0.4 is 14.8 Å². The van der Waals surface area contributed by atoms with E-state index in [2.05, 4.69) is 22.3 Å². The Balaban J connectivity index is 1.41. The molecule has 1 amide bonds. The number of rotatable bonds is 5. The number of hydrogen-bond donors (Lipinski definition) is 1. The highest BCUT2D eigenvalue weighted by Crippen LogP contribution is 2.37. The Labute approximate surface area is 176 Å². The maximum absolute atomic E-state index is 12.7. The van der Waals surface area contributed by atoms with Crippen LogP contribution >= 0.6 is 11.6 Å². The monoisotopic (exact) mass is 414 g/mol. The maximum atomic E-state index is 12.7. The number of hydrogen-bond acceptors (Lipinski definition) is 4. The summed E-state index contributed by atoms with van der Waals surface area (Å²) in [4.78, 5) is 15.0. The fraction of sp³-hybridized carbons (Fsp3) is 0.435. The average molecular weight is 415 g/mol. The van der Waals surface area contributed by atoms with E-state index >= 15 is 0 Å². The van der Waals surface area contributed by atoms with E-state index in [0.717, 1.165) is 42.9 Å². The Bertz CT molecular complexity index is 873. The number of nitrogens with zero attached hydrogens (tertiary/aromatic N) is 1. The van der Waals surface area contributed by atoms with Crippen LogP contribution in [0.25, 0.3) is 0 Å². The summed E-state index contributed by atoms with van der Waals surface area (Å²) in [5.41, 5.74) is 2.11. The van der Waals surface area contributed by atoms with Crippen LogP contribution in [-0.4, -0.2) is 37.1 Å². The van der Waals surface area contributed by atoms with Gasteiger partial charge in [-0.15, -0.1) is 0 Å². The summed E-state index contributed by atoms with van der Waals surface area (Å²) in [6.45, 7) is 4.60. The molecule has 1 fully saturated rings. The molecule has 6 heteroatoms. The van der Waals surface area contributed by atoms with E-state index in [4.69, 9.17) is 21.1 Å². The molecule has 2 atom stereocenters. The third-order valence-corrected chi connectivity index (χ3v) is 5.96. The lowest BCUT2D eigenvalue weighted by Crippen LogP contribution is -2.38. The second-order valence-electron chi connectivity index (χ2n) is 7.70. The second kappa shape index (κ2) is 9.06. The molecule has 2 heterocycles. The standard InChI is InChI=1S/C23H27ClN2O3/c1-16(18-6-2-3-7-19(18)24)25-23(27)15-26-11-4-8-20(26)17-9-10-21-22(14-17)29-13-5-12-28-21/h2-3,6-7,9-10,14,16,20H,4-5,8,11-13,15H2,1H3,(H,25,27)/t16-,20-/m0/s1. The van der Waals surface area contributed by atoms with Gasteiger partial charge in [-0.1, -0.05) is 35.9 Å². The lowest BCUT2D eigenvalue weighted by molar-refractivity contribution is -0.123. The van der Waals surface area contributed by atoms with Gasteiger partial charge >= 0.3 is 0 Å². The van der Waals surface area contributed by atoms with Crippen LogP contribution in [0.2, 0.25) is 5.02 Å². The van der Waals surface area contributed by atoms with Crippen molar-refractivity contribution in [1.82, 2.24) is 10.2 Å². The van der Waals surface area contributed by atoms with Gasteiger partial charge in [0.05, 0.1) is 25.8 Å². The van der Waals surface area contributed by atoms with E-state index in [1.54, 1.807) is 0 Å². The summed E-state index contributed by atoms with van der Waals surface area (Å²) >= 11 is 6.26. The van der Waals surface area contributed by atoms with Gasteiger partial charge < -0.3 is 14.8 Å². The molecule has 5 nitrogen and oxygen atoms in total. The fourth-order valence-electron chi connectivity index (χ4n) is 4.16. The molecule has 0 aliphatic carbocycles. The summed E-state index contributed by atoms with van der Waals surface area (Å²) in [5.74, 6) is 1.63. The zero-order valence-corrected chi connectivity index (χ0v) is 17.5. The minimum atomic E-state index is -0.129. The van der Waals surface area contributed by atoms with Gasteiger partial charge in [0.15, 0.2) is 11.5 Å². The molecule has 154 valence electrons. The smallest absolute Gasteiger partial charge is 0.234 e. The van der Waals surface area contributed by atoms with Gasteiger partial charge in [-0.3, -0.25) is 9.69 Å². The number of halogens is 1. The third kappa shape index (κ3) is 4.68. The molecule has 0 spiro atoms. The van der Waals surface area contributed by atoms with E-state index in [-0.39, 0.29) is 18.0 Å². The van der Waals surface area contributed by atoms with Crippen molar-refractivity contribution < 1.29 is 14.3 Å². The predicted octanol–water partition coefficient (Wildman–Crippen LogP) is 4.52. The van der Waals surface area contributed by atoms with Crippen LogP contribution in [0.5, 0.6) is 11.5 Å². The average Bonchev–Trinajstić information content (AvgIpc) is 3.03. The van der Waals surface area contributed by atoms with E-state index < -0.39 is 0 Å². The first-order chi connectivity index (χ1) is 14.1. The first kappa shape index (κ1) is 20.0. The molecule has 0 bridgehead atoms. The van der Waals surface area contributed by atoms with Crippen LogP contribution in [0.15, 0.2) is 42.5 Å². The third-order valence-electron chi connectivity index (χ3n) is 5.62. The van der Waals surface area contributed by atoms with Crippen molar-refractivity contribution in [2.24, 2.45) is 0 Å². The Kier molecular flexibility index (Phi) is 6.26. The number of likely N-dealkylation sites (tertiary alicyclic amines) is 1. The molecule has 0 aromatic heterocycles. The molecular weight excluding hydrogens is 388 g/mol. The molecule has 1 N–H and O–H groups in total. The molecule has 1 saturated heterocycles. The first-order valence-electron chi connectivity index (χ1n) is 10.3.